The van der Waals surface area contributed by atoms with Crippen LogP contribution in [0.2, 0.25) is 0 Å². The number of aromatic nitrogens is 3. The lowest BCUT2D eigenvalue weighted by Gasteiger charge is -2.10. The van der Waals surface area contributed by atoms with Crippen molar-refractivity contribution in [2.75, 3.05) is 20.3 Å². The molecular weight excluding hydrogens is 431 g/mol. The first-order valence-corrected chi connectivity index (χ1v) is 10.9. The van der Waals surface area contributed by atoms with Gasteiger partial charge >= 0.3 is 0 Å². The van der Waals surface area contributed by atoms with Gasteiger partial charge < -0.3 is 14.5 Å². The van der Waals surface area contributed by atoms with Crippen molar-refractivity contribution in [2.45, 2.75) is 10.9 Å². The average molecular weight is 453 g/mol. The van der Waals surface area contributed by atoms with Gasteiger partial charge in [-0.15, -0.1) is 10.2 Å². The number of furan rings is 1. The second-order valence-corrected chi connectivity index (χ2v) is 7.75. The molecule has 4 aromatic rings. The lowest BCUT2D eigenvalue weighted by Crippen LogP contribution is -2.26. The highest BCUT2D eigenvalue weighted by Crippen LogP contribution is 2.31. The van der Waals surface area contributed by atoms with Gasteiger partial charge in [-0.25, -0.2) is 4.39 Å². The molecule has 0 atom stereocenters. The van der Waals surface area contributed by atoms with Gasteiger partial charge in [-0.05, 0) is 42.0 Å². The van der Waals surface area contributed by atoms with Crippen molar-refractivity contribution < 1.29 is 18.3 Å². The van der Waals surface area contributed by atoms with Crippen LogP contribution in [0.25, 0.3) is 17.3 Å². The minimum atomic E-state index is -0.384. The van der Waals surface area contributed by atoms with Gasteiger partial charge in [0.1, 0.15) is 5.82 Å². The molecule has 0 unspecified atom stereocenters. The maximum Gasteiger partial charge on any atom is 0.251 e. The van der Waals surface area contributed by atoms with E-state index in [9.17, 15) is 9.18 Å². The number of carbonyl (C=O) groups is 1. The van der Waals surface area contributed by atoms with Crippen molar-refractivity contribution in [3.05, 3.63) is 83.9 Å². The Kier molecular flexibility index (Phi) is 6.98. The fourth-order valence-corrected chi connectivity index (χ4v) is 3.95. The SMILES string of the molecule is COCCNC(=O)c1ccc(CSc2nnc(-c3ccco3)n2-c2ccccc2F)cc1. The monoisotopic (exact) mass is 452 g/mol. The second-order valence-electron chi connectivity index (χ2n) is 6.80. The van der Waals surface area contributed by atoms with E-state index in [2.05, 4.69) is 15.5 Å². The Bertz CT molecular complexity index is 1180. The summed E-state index contributed by atoms with van der Waals surface area (Å²) >= 11 is 1.42. The van der Waals surface area contributed by atoms with Gasteiger partial charge in [0.25, 0.3) is 5.91 Å². The fourth-order valence-electron chi connectivity index (χ4n) is 3.05. The summed E-state index contributed by atoms with van der Waals surface area (Å²) < 4.78 is 26.6. The lowest BCUT2D eigenvalue weighted by atomic mass is 10.1. The number of hydrogen-bond donors (Lipinski definition) is 1. The highest BCUT2D eigenvalue weighted by atomic mass is 32.2. The molecule has 9 heteroatoms. The quantitative estimate of drug-likeness (QED) is 0.301. The highest BCUT2D eigenvalue weighted by Gasteiger charge is 2.20. The second kappa shape index (κ2) is 10.3. The standard InChI is InChI=1S/C23H21FN4O3S/c1-30-14-12-25-22(29)17-10-8-16(9-11-17)15-32-23-27-26-21(20-7-4-13-31-20)28(23)19-6-3-2-5-18(19)24/h2-11,13H,12,14-15H2,1H3,(H,25,29). The molecule has 2 aromatic heterocycles. The molecule has 0 radical (unpaired) electrons. The van der Waals surface area contributed by atoms with Crippen molar-refractivity contribution in [3.8, 4) is 17.3 Å². The highest BCUT2D eigenvalue weighted by molar-refractivity contribution is 7.98. The van der Waals surface area contributed by atoms with Gasteiger partial charge in [-0.3, -0.25) is 9.36 Å². The van der Waals surface area contributed by atoms with E-state index in [-0.39, 0.29) is 11.7 Å². The van der Waals surface area contributed by atoms with Crippen LogP contribution in [0.5, 0.6) is 0 Å². The van der Waals surface area contributed by atoms with E-state index in [0.717, 1.165) is 5.56 Å². The summed E-state index contributed by atoms with van der Waals surface area (Å²) in [6.07, 6.45) is 1.54. The van der Waals surface area contributed by atoms with E-state index in [0.29, 0.717) is 46.9 Å². The summed E-state index contributed by atoms with van der Waals surface area (Å²) in [6, 6.07) is 17.3. The van der Waals surface area contributed by atoms with Crippen LogP contribution in [0.4, 0.5) is 4.39 Å². The summed E-state index contributed by atoms with van der Waals surface area (Å²) in [5.41, 5.74) is 1.91. The van der Waals surface area contributed by atoms with E-state index in [1.54, 1.807) is 54.1 Å². The molecule has 164 valence electrons. The summed E-state index contributed by atoms with van der Waals surface area (Å²) in [4.78, 5) is 12.1. The van der Waals surface area contributed by atoms with Crippen LogP contribution in [0.1, 0.15) is 15.9 Å². The Balaban J connectivity index is 1.53. The molecule has 0 aliphatic rings. The largest absolute Gasteiger partial charge is 0.461 e. The number of nitrogens with zero attached hydrogens (tertiary/aromatic N) is 3. The Hall–Kier alpha value is -3.43. The summed E-state index contributed by atoms with van der Waals surface area (Å²) in [5.74, 6) is 0.951. The maximum absolute atomic E-state index is 14.6. The molecule has 7 nitrogen and oxygen atoms in total. The van der Waals surface area contributed by atoms with Crippen LogP contribution >= 0.6 is 11.8 Å². The molecule has 0 aliphatic heterocycles. The predicted molar refractivity (Wildman–Crippen MR) is 119 cm³/mol. The third kappa shape index (κ3) is 4.90. The summed E-state index contributed by atoms with van der Waals surface area (Å²) in [5, 5.41) is 11.8. The molecular formula is C23H21FN4O3S. The molecule has 0 saturated heterocycles. The number of amides is 1. The molecule has 1 N–H and O–H groups in total. The lowest BCUT2D eigenvalue weighted by molar-refractivity contribution is 0.0937. The van der Waals surface area contributed by atoms with E-state index in [1.807, 2.05) is 12.1 Å². The van der Waals surface area contributed by atoms with Crippen molar-refractivity contribution in [3.63, 3.8) is 0 Å². The van der Waals surface area contributed by atoms with Gasteiger partial charge in [0, 0.05) is 25.0 Å². The summed E-state index contributed by atoms with van der Waals surface area (Å²) in [6.45, 7) is 0.916. The number of thioether (sulfide) groups is 1. The molecule has 0 saturated carbocycles. The Morgan fingerprint density at radius 3 is 2.66 bits per heavy atom. The number of ether oxygens (including phenoxy) is 1. The minimum absolute atomic E-state index is 0.149. The molecule has 0 aliphatic carbocycles. The van der Waals surface area contributed by atoms with Crippen molar-refractivity contribution >= 4 is 17.7 Å². The number of halogens is 1. The first kappa shape index (κ1) is 21.8. The van der Waals surface area contributed by atoms with Crippen molar-refractivity contribution in [1.29, 1.82) is 0 Å². The number of para-hydroxylation sites is 1. The van der Waals surface area contributed by atoms with E-state index in [4.69, 9.17) is 9.15 Å². The Labute approximate surface area is 188 Å². The van der Waals surface area contributed by atoms with Gasteiger partial charge in [0.05, 0.1) is 18.6 Å². The van der Waals surface area contributed by atoms with E-state index >= 15 is 0 Å². The molecule has 32 heavy (non-hydrogen) atoms. The van der Waals surface area contributed by atoms with E-state index in [1.165, 1.54) is 24.1 Å². The van der Waals surface area contributed by atoms with Crippen molar-refractivity contribution in [2.24, 2.45) is 0 Å². The maximum atomic E-state index is 14.6. The van der Waals surface area contributed by atoms with Crippen LogP contribution in [0, 0.1) is 5.82 Å². The van der Waals surface area contributed by atoms with Crippen molar-refractivity contribution in [1.82, 2.24) is 20.1 Å². The summed E-state index contributed by atoms with van der Waals surface area (Å²) in [7, 11) is 1.59. The predicted octanol–water partition coefficient (Wildman–Crippen LogP) is 4.33. The van der Waals surface area contributed by atoms with Crippen LogP contribution in [0.3, 0.4) is 0 Å². The van der Waals surface area contributed by atoms with Gasteiger partial charge in [-0.1, -0.05) is 36.0 Å². The number of methoxy groups -OCH3 is 1. The molecule has 0 fully saturated rings. The third-order valence-electron chi connectivity index (χ3n) is 4.64. The topological polar surface area (TPSA) is 82.2 Å². The Morgan fingerprint density at radius 1 is 1.12 bits per heavy atom. The smallest absolute Gasteiger partial charge is 0.251 e. The normalized spacial score (nSPS) is 10.9. The van der Waals surface area contributed by atoms with Crippen LogP contribution < -0.4 is 5.32 Å². The molecule has 1 amide bonds. The first-order chi connectivity index (χ1) is 15.7. The average Bonchev–Trinajstić information content (AvgIpc) is 3.48. The molecule has 2 aromatic carbocycles. The Morgan fingerprint density at radius 2 is 1.94 bits per heavy atom. The molecule has 4 rings (SSSR count). The van der Waals surface area contributed by atoms with Crippen LogP contribution in [-0.4, -0.2) is 40.9 Å². The number of hydrogen-bond acceptors (Lipinski definition) is 6. The van der Waals surface area contributed by atoms with Gasteiger partial charge in [0.15, 0.2) is 10.9 Å². The number of rotatable bonds is 9. The number of nitrogens with one attached hydrogen (secondary N) is 1. The first-order valence-electron chi connectivity index (χ1n) is 9.90. The van der Waals surface area contributed by atoms with E-state index < -0.39 is 0 Å². The number of carbonyl (C=O) groups excluding carboxylic acids is 1. The third-order valence-corrected chi connectivity index (χ3v) is 5.64. The fraction of sp³-hybridized carbons (Fsp3) is 0.174. The molecule has 0 spiro atoms. The van der Waals surface area contributed by atoms with Gasteiger partial charge in [0.2, 0.25) is 5.82 Å². The number of benzene rings is 2. The zero-order valence-electron chi connectivity index (χ0n) is 17.3. The minimum Gasteiger partial charge on any atom is -0.461 e. The van der Waals surface area contributed by atoms with Crippen LogP contribution in [-0.2, 0) is 10.5 Å². The van der Waals surface area contributed by atoms with Gasteiger partial charge in [-0.2, -0.15) is 0 Å². The van der Waals surface area contributed by atoms with Crippen LogP contribution in [0.15, 0.2) is 76.5 Å². The zero-order valence-corrected chi connectivity index (χ0v) is 18.1. The molecule has 2 heterocycles. The molecule has 0 bridgehead atoms. The zero-order chi connectivity index (χ0) is 22.3.